The molecular formula is C16H24N2S. The maximum Gasteiger partial charge on any atom is 0.0322 e. The summed E-state index contributed by atoms with van der Waals surface area (Å²) in [5.74, 6) is 1.72. The fraction of sp³-hybridized carbons (Fsp3) is 0.625. The molecule has 3 heteroatoms. The summed E-state index contributed by atoms with van der Waals surface area (Å²) >= 11 is 1.81. The molecule has 2 fully saturated rings. The summed E-state index contributed by atoms with van der Waals surface area (Å²) in [6.07, 6.45) is 2.13. The number of likely N-dealkylation sites (tertiary alicyclic amines) is 1. The van der Waals surface area contributed by atoms with Crippen LogP contribution < -0.4 is 5.32 Å². The Morgan fingerprint density at radius 1 is 1.26 bits per heavy atom. The van der Waals surface area contributed by atoms with E-state index < -0.39 is 0 Å². The third-order valence-electron chi connectivity index (χ3n) is 5.08. The van der Waals surface area contributed by atoms with Crippen molar-refractivity contribution in [2.45, 2.75) is 30.8 Å². The topological polar surface area (TPSA) is 15.3 Å². The highest BCUT2D eigenvalue weighted by Gasteiger charge is 2.43. The number of rotatable bonds is 3. The van der Waals surface area contributed by atoms with Gasteiger partial charge in [0.25, 0.3) is 0 Å². The number of hydrogen-bond acceptors (Lipinski definition) is 3. The Balaban J connectivity index is 1.74. The predicted molar refractivity (Wildman–Crippen MR) is 82.7 cm³/mol. The van der Waals surface area contributed by atoms with Gasteiger partial charge in [-0.1, -0.05) is 12.1 Å². The highest BCUT2D eigenvalue weighted by atomic mass is 32.2. The fourth-order valence-corrected chi connectivity index (χ4v) is 4.19. The zero-order valence-electron chi connectivity index (χ0n) is 12.1. The van der Waals surface area contributed by atoms with Crippen LogP contribution in [-0.2, 0) is 0 Å². The smallest absolute Gasteiger partial charge is 0.0322 e. The third-order valence-corrected chi connectivity index (χ3v) is 5.82. The molecule has 2 nitrogen and oxygen atoms in total. The molecule has 0 bridgehead atoms. The molecule has 0 saturated carbocycles. The van der Waals surface area contributed by atoms with Crippen molar-refractivity contribution in [3.63, 3.8) is 0 Å². The number of nitrogens with one attached hydrogen (secondary N) is 1. The molecule has 0 radical (unpaired) electrons. The first-order chi connectivity index (χ1) is 9.20. The van der Waals surface area contributed by atoms with Gasteiger partial charge in [0, 0.05) is 23.5 Å². The Morgan fingerprint density at radius 2 is 2.00 bits per heavy atom. The van der Waals surface area contributed by atoms with Crippen LogP contribution in [0.5, 0.6) is 0 Å². The number of nitrogens with zero attached hydrogens (tertiary/aromatic N) is 1. The van der Waals surface area contributed by atoms with E-state index in [1.807, 2.05) is 11.8 Å². The molecule has 0 aromatic heterocycles. The molecular weight excluding hydrogens is 252 g/mol. The van der Waals surface area contributed by atoms with Crippen molar-refractivity contribution in [1.29, 1.82) is 0 Å². The summed E-state index contributed by atoms with van der Waals surface area (Å²) in [4.78, 5) is 4.05. The zero-order chi connectivity index (χ0) is 13.4. The summed E-state index contributed by atoms with van der Waals surface area (Å²) in [5.41, 5.74) is 1.46. The van der Waals surface area contributed by atoms with Crippen LogP contribution >= 0.6 is 11.8 Å². The molecule has 3 rings (SSSR count). The molecule has 2 aliphatic heterocycles. The second-order valence-electron chi connectivity index (χ2n) is 5.97. The first kappa shape index (κ1) is 13.5. The standard InChI is InChI=1S/C16H24N2S/c1-11(13-4-6-15(19-3)7-5-13)18-10-14-8-17-9-16(14)12(18)2/h4-7,11-12,14,16-17H,8-10H2,1-3H3. The van der Waals surface area contributed by atoms with Crippen molar-refractivity contribution in [2.24, 2.45) is 11.8 Å². The Labute approximate surface area is 121 Å². The van der Waals surface area contributed by atoms with Crippen LogP contribution in [-0.4, -0.2) is 36.8 Å². The van der Waals surface area contributed by atoms with Gasteiger partial charge in [0.1, 0.15) is 0 Å². The van der Waals surface area contributed by atoms with Gasteiger partial charge in [-0.3, -0.25) is 4.90 Å². The minimum atomic E-state index is 0.538. The largest absolute Gasteiger partial charge is 0.316 e. The molecule has 2 saturated heterocycles. The zero-order valence-corrected chi connectivity index (χ0v) is 12.9. The molecule has 1 aromatic carbocycles. The fourth-order valence-electron chi connectivity index (χ4n) is 3.79. The van der Waals surface area contributed by atoms with E-state index in [0.717, 1.165) is 11.8 Å². The lowest BCUT2D eigenvalue weighted by Gasteiger charge is -2.31. The van der Waals surface area contributed by atoms with Crippen molar-refractivity contribution in [2.75, 3.05) is 25.9 Å². The van der Waals surface area contributed by atoms with E-state index in [9.17, 15) is 0 Å². The van der Waals surface area contributed by atoms with Crippen LogP contribution in [0.3, 0.4) is 0 Å². The number of benzene rings is 1. The molecule has 4 atom stereocenters. The quantitative estimate of drug-likeness (QED) is 0.854. The molecule has 19 heavy (non-hydrogen) atoms. The van der Waals surface area contributed by atoms with Gasteiger partial charge in [-0.05, 0) is 62.7 Å². The van der Waals surface area contributed by atoms with Gasteiger partial charge in [0.15, 0.2) is 0 Å². The lowest BCUT2D eigenvalue weighted by Crippen LogP contribution is -2.35. The van der Waals surface area contributed by atoms with Crippen molar-refractivity contribution >= 4 is 11.8 Å². The van der Waals surface area contributed by atoms with E-state index in [0.29, 0.717) is 12.1 Å². The maximum absolute atomic E-state index is 3.54. The lowest BCUT2D eigenvalue weighted by molar-refractivity contribution is 0.182. The molecule has 0 aliphatic carbocycles. The van der Waals surface area contributed by atoms with E-state index in [4.69, 9.17) is 0 Å². The summed E-state index contributed by atoms with van der Waals surface area (Å²) < 4.78 is 0. The van der Waals surface area contributed by atoms with Gasteiger partial charge in [-0.15, -0.1) is 11.8 Å². The molecule has 0 amide bonds. The van der Waals surface area contributed by atoms with Crippen LogP contribution in [0, 0.1) is 11.8 Å². The minimum absolute atomic E-state index is 0.538. The first-order valence-electron chi connectivity index (χ1n) is 7.31. The number of fused-ring (bicyclic) bond motifs is 1. The Hall–Kier alpha value is -0.510. The normalized spacial score (nSPS) is 32.5. The Morgan fingerprint density at radius 3 is 2.63 bits per heavy atom. The summed E-state index contributed by atoms with van der Waals surface area (Å²) in [5, 5.41) is 3.54. The highest BCUT2D eigenvalue weighted by molar-refractivity contribution is 7.98. The van der Waals surface area contributed by atoms with Gasteiger partial charge in [-0.2, -0.15) is 0 Å². The first-order valence-corrected chi connectivity index (χ1v) is 8.53. The molecule has 4 unspecified atom stereocenters. The number of thioether (sulfide) groups is 1. The third kappa shape index (κ3) is 2.44. The SMILES string of the molecule is CSc1ccc(C(C)N2CC3CNCC3C2C)cc1. The van der Waals surface area contributed by atoms with Crippen molar-refractivity contribution < 1.29 is 0 Å². The van der Waals surface area contributed by atoms with Crippen molar-refractivity contribution in [3.05, 3.63) is 29.8 Å². The summed E-state index contributed by atoms with van der Waals surface area (Å²) in [7, 11) is 0. The van der Waals surface area contributed by atoms with Crippen molar-refractivity contribution in [1.82, 2.24) is 10.2 Å². The number of hydrogen-bond donors (Lipinski definition) is 1. The molecule has 0 spiro atoms. The average molecular weight is 276 g/mol. The maximum atomic E-state index is 3.54. The van der Waals surface area contributed by atoms with Gasteiger partial charge >= 0.3 is 0 Å². The summed E-state index contributed by atoms with van der Waals surface area (Å²) in [6.45, 7) is 8.44. The Bertz CT molecular complexity index is 431. The monoisotopic (exact) mass is 276 g/mol. The average Bonchev–Trinajstić information content (AvgIpc) is 3.02. The van der Waals surface area contributed by atoms with Crippen LogP contribution in [0.25, 0.3) is 0 Å². The van der Waals surface area contributed by atoms with Gasteiger partial charge < -0.3 is 5.32 Å². The second kappa shape index (κ2) is 5.47. The van der Waals surface area contributed by atoms with E-state index >= 15 is 0 Å². The minimum Gasteiger partial charge on any atom is -0.316 e. The molecule has 2 aliphatic rings. The summed E-state index contributed by atoms with van der Waals surface area (Å²) in [6, 6.07) is 10.3. The van der Waals surface area contributed by atoms with E-state index in [-0.39, 0.29) is 0 Å². The van der Waals surface area contributed by atoms with Crippen LogP contribution in [0.15, 0.2) is 29.2 Å². The molecule has 1 N–H and O–H groups in total. The molecule has 1 aromatic rings. The van der Waals surface area contributed by atoms with Crippen LogP contribution in [0.2, 0.25) is 0 Å². The Kier molecular flexibility index (Phi) is 3.88. The highest BCUT2D eigenvalue weighted by Crippen LogP contribution is 2.37. The van der Waals surface area contributed by atoms with Gasteiger partial charge in [0.05, 0.1) is 0 Å². The van der Waals surface area contributed by atoms with E-state index in [1.165, 1.54) is 30.1 Å². The van der Waals surface area contributed by atoms with Crippen LogP contribution in [0.4, 0.5) is 0 Å². The van der Waals surface area contributed by atoms with Crippen LogP contribution in [0.1, 0.15) is 25.5 Å². The van der Waals surface area contributed by atoms with E-state index in [1.54, 1.807) is 0 Å². The molecule has 104 valence electrons. The lowest BCUT2D eigenvalue weighted by atomic mass is 9.95. The predicted octanol–water partition coefficient (Wildman–Crippen LogP) is 3.01. The molecule has 2 heterocycles. The van der Waals surface area contributed by atoms with E-state index in [2.05, 4.69) is 54.6 Å². The van der Waals surface area contributed by atoms with Crippen molar-refractivity contribution in [3.8, 4) is 0 Å². The van der Waals surface area contributed by atoms with Gasteiger partial charge in [-0.25, -0.2) is 0 Å². The second-order valence-corrected chi connectivity index (χ2v) is 6.85. The van der Waals surface area contributed by atoms with Gasteiger partial charge in [0.2, 0.25) is 0 Å².